The van der Waals surface area contributed by atoms with Crippen LogP contribution in [0.2, 0.25) is 0 Å². The fourth-order valence-electron chi connectivity index (χ4n) is 4.40. The molecule has 0 aromatic rings. The van der Waals surface area contributed by atoms with Crippen molar-refractivity contribution in [2.24, 2.45) is 0 Å². The summed E-state index contributed by atoms with van der Waals surface area (Å²) in [6.07, 6.45) is 11.7. The highest BCUT2D eigenvalue weighted by Crippen LogP contribution is 2.12. The summed E-state index contributed by atoms with van der Waals surface area (Å²) < 4.78 is 12.3. The number of esters is 2. The lowest BCUT2D eigenvalue weighted by Crippen LogP contribution is -3.00. The van der Waals surface area contributed by atoms with Gasteiger partial charge in [-0.1, -0.05) is 65.2 Å². The summed E-state index contributed by atoms with van der Waals surface area (Å²) in [4.78, 5) is 27.0. The molecular formula is C27H55Br2N3O4. The van der Waals surface area contributed by atoms with Crippen molar-refractivity contribution in [3.05, 3.63) is 0 Å². The van der Waals surface area contributed by atoms with Gasteiger partial charge in [-0.15, -0.1) is 0 Å². The van der Waals surface area contributed by atoms with Gasteiger partial charge in [-0.2, -0.15) is 0 Å². The maximum Gasteiger partial charge on any atom is 0.361 e. The van der Waals surface area contributed by atoms with E-state index < -0.39 is 0 Å². The third kappa shape index (κ3) is 18.9. The average Bonchev–Trinajstić information content (AvgIpc) is 2.77. The van der Waals surface area contributed by atoms with Crippen LogP contribution >= 0.6 is 0 Å². The Labute approximate surface area is 242 Å². The minimum Gasteiger partial charge on any atom is -1.00 e. The Hall–Kier alpha value is -0.220. The summed E-state index contributed by atoms with van der Waals surface area (Å²) in [7, 11) is 6.37. The molecule has 0 N–H and O–H groups in total. The number of nitrogens with zero attached hydrogens (tertiary/aromatic N) is 3. The van der Waals surface area contributed by atoms with Crippen molar-refractivity contribution < 1.29 is 62.0 Å². The van der Waals surface area contributed by atoms with Crippen molar-refractivity contribution in [3.8, 4) is 0 Å². The molecular weight excluding hydrogens is 590 g/mol. The van der Waals surface area contributed by atoms with Crippen LogP contribution in [0.5, 0.6) is 0 Å². The van der Waals surface area contributed by atoms with Crippen LogP contribution in [-0.4, -0.2) is 113 Å². The van der Waals surface area contributed by atoms with E-state index in [-0.39, 0.29) is 45.9 Å². The first-order valence-electron chi connectivity index (χ1n) is 13.9. The molecule has 7 nitrogen and oxygen atoms in total. The molecule has 36 heavy (non-hydrogen) atoms. The number of ether oxygens (including phenoxy) is 2. The number of likely N-dealkylation sites (N-methyl/N-ethyl adjacent to an activating group) is 2. The first-order chi connectivity index (χ1) is 16.2. The second-order valence-corrected chi connectivity index (χ2v) is 11.2. The van der Waals surface area contributed by atoms with E-state index in [0.29, 0.717) is 30.8 Å². The SMILES string of the molecule is CCCCCCCOC(=O)C[N+](C)(C)CCN1CC[N+](C)(CC(=O)OCCCCCCC)CC1.[Br-].[Br-]. The van der Waals surface area contributed by atoms with Crippen LogP contribution in [0.3, 0.4) is 0 Å². The number of hydrogen-bond donors (Lipinski definition) is 0. The summed E-state index contributed by atoms with van der Waals surface area (Å²) >= 11 is 0. The van der Waals surface area contributed by atoms with Gasteiger partial charge in [0.25, 0.3) is 0 Å². The maximum atomic E-state index is 12.3. The molecule has 0 unspecified atom stereocenters. The predicted molar refractivity (Wildman–Crippen MR) is 139 cm³/mol. The number of carbonyl (C=O) groups is 2. The number of carbonyl (C=O) groups excluding carboxylic acids is 2. The third-order valence-corrected chi connectivity index (χ3v) is 7.02. The smallest absolute Gasteiger partial charge is 0.361 e. The topological polar surface area (TPSA) is 55.8 Å². The van der Waals surface area contributed by atoms with Crippen LogP contribution in [0.15, 0.2) is 0 Å². The molecule has 1 aliphatic rings. The van der Waals surface area contributed by atoms with Crippen LogP contribution < -0.4 is 34.0 Å². The Balaban J connectivity index is 0. The van der Waals surface area contributed by atoms with E-state index in [0.717, 1.165) is 69.4 Å². The van der Waals surface area contributed by atoms with Crippen LogP contribution in [0.25, 0.3) is 0 Å². The molecule has 0 bridgehead atoms. The van der Waals surface area contributed by atoms with Gasteiger partial charge in [0.05, 0.1) is 54.0 Å². The van der Waals surface area contributed by atoms with Gasteiger partial charge in [0.1, 0.15) is 0 Å². The van der Waals surface area contributed by atoms with Crippen molar-refractivity contribution in [1.29, 1.82) is 0 Å². The Morgan fingerprint density at radius 3 is 1.75 bits per heavy atom. The molecule has 1 rings (SSSR count). The molecule has 0 aromatic heterocycles. The molecule has 216 valence electrons. The Morgan fingerprint density at radius 2 is 1.25 bits per heavy atom. The Bertz CT molecular complexity index is 571. The summed E-state index contributed by atoms with van der Waals surface area (Å²) in [5.41, 5.74) is 0. The lowest BCUT2D eigenvalue weighted by Gasteiger charge is -2.42. The van der Waals surface area contributed by atoms with Gasteiger partial charge in [0.15, 0.2) is 13.1 Å². The third-order valence-electron chi connectivity index (χ3n) is 7.02. The van der Waals surface area contributed by atoms with Crippen molar-refractivity contribution in [3.63, 3.8) is 0 Å². The fourth-order valence-corrected chi connectivity index (χ4v) is 4.40. The highest BCUT2D eigenvalue weighted by Gasteiger charge is 2.32. The van der Waals surface area contributed by atoms with Gasteiger partial charge in [-0.25, -0.2) is 9.59 Å². The molecule has 1 saturated heterocycles. The van der Waals surface area contributed by atoms with E-state index in [2.05, 4.69) is 39.9 Å². The molecule has 0 spiro atoms. The summed E-state index contributed by atoms with van der Waals surface area (Å²) in [5, 5.41) is 0. The van der Waals surface area contributed by atoms with E-state index in [1.165, 1.54) is 38.5 Å². The van der Waals surface area contributed by atoms with Gasteiger partial charge in [-0.05, 0) is 12.8 Å². The van der Waals surface area contributed by atoms with Gasteiger partial charge in [0.2, 0.25) is 0 Å². The monoisotopic (exact) mass is 643 g/mol. The fraction of sp³-hybridized carbons (Fsp3) is 0.926. The minimum atomic E-state index is -0.0905. The zero-order valence-corrected chi connectivity index (χ0v) is 27.0. The largest absolute Gasteiger partial charge is 1.00 e. The minimum absolute atomic E-state index is 0. The molecule has 1 heterocycles. The molecule has 0 aromatic carbocycles. The average molecular weight is 646 g/mol. The van der Waals surface area contributed by atoms with Crippen molar-refractivity contribution in [2.75, 3.05) is 86.7 Å². The van der Waals surface area contributed by atoms with Crippen molar-refractivity contribution in [1.82, 2.24) is 4.90 Å². The maximum absolute atomic E-state index is 12.3. The molecule has 1 aliphatic heterocycles. The molecule has 1 fully saturated rings. The number of rotatable bonds is 19. The first-order valence-corrected chi connectivity index (χ1v) is 13.9. The number of quaternary nitrogens is 2. The van der Waals surface area contributed by atoms with E-state index >= 15 is 0 Å². The van der Waals surface area contributed by atoms with E-state index in [1.54, 1.807) is 0 Å². The summed E-state index contributed by atoms with van der Waals surface area (Å²) in [6, 6.07) is 0. The highest BCUT2D eigenvalue weighted by atomic mass is 79.9. The van der Waals surface area contributed by atoms with E-state index in [1.807, 2.05) is 0 Å². The van der Waals surface area contributed by atoms with Crippen LogP contribution in [-0.2, 0) is 19.1 Å². The Kier molecular flexibility index (Phi) is 22.8. The van der Waals surface area contributed by atoms with Crippen LogP contribution in [0.4, 0.5) is 0 Å². The van der Waals surface area contributed by atoms with Crippen LogP contribution in [0.1, 0.15) is 78.1 Å². The second kappa shape index (κ2) is 21.7. The first kappa shape index (κ1) is 37.9. The molecule has 0 atom stereocenters. The standard InChI is InChI=1S/C27H55N3O4.2BrH/c1-6-8-10-12-14-22-33-26(31)24-29(3,4)19-16-28-17-20-30(5,21-18-28)25-27(32)34-23-15-13-11-9-7-2;;/h6-25H2,1-5H3;2*1H/q+2;;/p-2. The number of halogens is 2. The van der Waals surface area contributed by atoms with E-state index in [4.69, 9.17) is 9.47 Å². The van der Waals surface area contributed by atoms with Crippen molar-refractivity contribution >= 4 is 11.9 Å². The second-order valence-electron chi connectivity index (χ2n) is 11.2. The zero-order valence-electron chi connectivity index (χ0n) is 23.9. The zero-order chi connectivity index (χ0) is 25.3. The quantitative estimate of drug-likeness (QED) is 0.0913. The highest BCUT2D eigenvalue weighted by molar-refractivity contribution is 5.70. The van der Waals surface area contributed by atoms with Gasteiger partial charge in [0, 0.05) is 19.6 Å². The molecule has 0 radical (unpaired) electrons. The van der Waals surface area contributed by atoms with Crippen molar-refractivity contribution in [2.45, 2.75) is 78.1 Å². The number of hydrogen-bond acceptors (Lipinski definition) is 5. The number of piperazine rings is 1. The Morgan fingerprint density at radius 1 is 0.778 bits per heavy atom. The predicted octanol–water partition coefficient (Wildman–Crippen LogP) is -2.14. The molecule has 0 aliphatic carbocycles. The van der Waals surface area contributed by atoms with E-state index in [9.17, 15) is 9.59 Å². The van der Waals surface area contributed by atoms with Gasteiger partial charge < -0.3 is 52.4 Å². The lowest BCUT2D eigenvalue weighted by molar-refractivity contribution is -0.907. The van der Waals surface area contributed by atoms with Crippen LogP contribution in [0, 0.1) is 0 Å². The van der Waals surface area contributed by atoms with Gasteiger partial charge in [-0.3, -0.25) is 4.90 Å². The summed E-state index contributed by atoms with van der Waals surface area (Å²) in [6.45, 7) is 12.1. The van der Waals surface area contributed by atoms with Gasteiger partial charge >= 0.3 is 11.9 Å². The molecule has 9 heteroatoms. The lowest BCUT2D eigenvalue weighted by atomic mass is 10.2. The molecule has 0 saturated carbocycles. The number of unbranched alkanes of at least 4 members (excludes halogenated alkanes) is 8. The normalized spacial score (nSPS) is 15.5. The molecule has 0 amide bonds. The summed E-state index contributed by atoms with van der Waals surface area (Å²) in [5.74, 6) is -0.152.